The molecule has 0 aromatic heterocycles. The summed E-state index contributed by atoms with van der Waals surface area (Å²) >= 11 is 0. The van der Waals surface area contributed by atoms with Gasteiger partial charge in [0.25, 0.3) is 0 Å². The SMILES string of the molecule is CCCCCCCC[PH](C)(C)C.F. The molecule has 84 valence electrons. The third-order valence-electron chi connectivity index (χ3n) is 2.28. The van der Waals surface area contributed by atoms with Crippen molar-refractivity contribution in [3.8, 4) is 0 Å². The molecule has 0 N–H and O–H groups in total. The fraction of sp³-hybridized carbons (Fsp3) is 1.00. The standard InChI is InChI=1S/C11H27P.FH/c1-5-6-7-8-9-10-11-12(2,3)4;/h12H,5-11H2,1-4H3;1H. The fourth-order valence-electron chi connectivity index (χ4n) is 1.44. The normalized spacial score (nSPS) is 12.3. The van der Waals surface area contributed by atoms with Gasteiger partial charge >= 0.3 is 78.9 Å². The molecule has 0 amide bonds. The van der Waals surface area contributed by atoms with E-state index >= 15 is 0 Å². The zero-order valence-electron chi connectivity index (χ0n) is 9.86. The molecular weight excluding hydrogens is 182 g/mol. The second-order valence-electron chi connectivity index (χ2n) is 5.08. The van der Waals surface area contributed by atoms with Gasteiger partial charge in [0.15, 0.2) is 0 Å². The average Bonchev–Trinajstić information content (AvgIpc) is 1.94. The van der Waals surface area contributed by atoms with E-state index < -0.39 is 7.26 Å². The Morgan fingerprint density at radius 1 is 0.769 bits per heavy atom. The summed E-state index contributed by atoms with van der Waals surface area (Å²) in [5.74, 6) is 0. The van der Waals surface area contributed by atoms with Crippen LogP contribution in [0.5, 0.6) is 0 Å². The van der Waals surface area contributed by atoms with E-state index in [-0.39, 0.29) is 4.70 Å². The summed E-state index contributed by atoms with van der Waals surface area (Å²) in [5, 5.41) is 0. The topological polar surface area (TPSA) is 0 Å². The molecular formula is C11H28FP. The van der Waals surface area contributed by atoms with Gasteiger partial charge in [-0.3, -0.25) is 4.70 Å². The van der Waals surface area contributed by atoms with Crippen LogP contribution in [0.15, 0.2) is 0 Å². The minimum atomic E-state index is -0.726. The Morgan fingerprint density at radius 3 is 1.69 bits per heavy atom. The van der Waals surface area contributed by atoms with Crippen LogP contribution in [0.4, 0.5) is 4.70 Å². The molecule has 0 saturated heterocycles. The molecule has 0 aliphatic rings. The van der Waals surface area contributed by atoms with Crippen LogP contribution < -0.4 is 0 Å². The molecule has 0 aliphatic heterocycles. The maximum absolute atomic E-state index is 2.47. The summed E-state index contributed by atoms with van der Waals surface area (Å²) in [6.07, 6.45) is 10.2. The summed E-state index contributed by atoms with van der Waals surface area (Å²) in [6, 6.07) is 0. The van der Waals surface area contributed by atoms with Gasteiger partial charge < -0.3 is 0 Å². The fourth-order valence-corrected chi connectivity index (χ4v) is 2.75. The second kappa shape index (κ2) is 8.94. The molecule has 0 unspecified atom stereocenters. The first kappa shape index (κ1) is 15.8. The van der Waals surface area contributed by atoms with Crippen molar-refractivity contribution in [1.82, 2.24) is 0 Å². The van der Waals surface area contributed by atoms with Crippen LogP contribution >= 0.6 is 7.26 Å². The minimum Gasteiger partial charge on any atom is -0.269 e. The third-order valence-corrected chi connectivity index (χ3v) is 4.13. The summed E-state index contributed by atoms with van der Waals surface area (Å²) in [5.41, 5.74) is 0. The van der Waals surface area contributed by atoms with Crippen molar-refractivity contribution in [3.05, 3.63) is 0 Å². The number of hydrogen-bond acceptors (Lipinski definition) is 0. The zero-order chi connectivity index (χ0) is 9.45. The zero-order valence-corrected chi connectivity index (χ0v) is 10.9. The number of unbranched alkanes of at least 4 members (excludes halogenated alkanes) is 5. The molecule has 0 aromatic rings. The van der Waals surface area contributed by atoms with Gasteiger partial charge in [-0.25, -0.2) is 0 Å². The van der Waals surface area contributed by atoms with Crippen molar-refractivity contribution in [2.45, 2.75) is 45.4 Å². The summed E-state index contributed by atoms with van der Waals surface area (Å²) in [7, 11) is -0.726. The monoisotopic (exact) mass is 210 g/mol. The van der Waals surface area contributed by atoms with E-state index in [1.54, 1.807) is 0 Å². The summed E-state index contributed by atoms with van der Waals surface area (Å²) < 4.78 is 0. The minimum absolute atomic E-state index is 0. The van der Waals surface area contributed by atoms with E-state index in [2.05, 4.69) is 26.9 Å². The van der Waals surface area contributed by atoms with E-state index in [4.69, 9.17) is 0 Å². The van der Waals surface area contributed by atoms with Crippen molar-refractivity contribution in [2.24, 2.45) is 0 Å². The Labute approximate surface area is 84.2 Å². The summed E-state index contributed by atoms with van der Waals surface area (Å²) in [4.78, 5) is 0. The summed E-state index contributed by atoms with van der Waals surface area (Å²) in [6.45, 7) is 9.69. The van der Waals surface area contributed by atoms with Crippen molar-refractivity contribution in [1.29, 1.82) is 0 Å². The van der Waals surface area contributed by atoms with Crippen LogP contribution in [0.25, 0.3) is 0 Å². The van der Waals surface area contributed by atoms with Crippen LogP contribution in [0.1, 0.15) is 45.4 Å². The van der Waals surface area contributed by atoms with Crippen molar-refractivity contribution in [3.63, 3.8) is 0 Å². The second-order valence-corrected chi connectivity index (χ2v) is 10.7. The van der Waals surface area contributed by atoms with Gasteiger partial charge in [-0.15, -0.1) is 0 Å². The number of hydrogen-bond donors (Lipinski definition) is 0. The first-order valence-electron chi connectivity index (χ1n) is 5.56. The predicted octanol–water partition coefficient (Wildman–Crippen LogP) is 4.14. The van der Waals surface area contributed by atoms with Gasteiger partial charge in [-0.2, -0.15) is 0 Å². The van der Waals surface area contributed by atoms with E-state index in [1.165, 1.54) is 44.7 Å². The first-order chi connectivity index (χ1) is 5.56. The van der Waals surface area contributed by atoms with Gasteiger partial charge in [0.05, 0.1) is 0 Å². The van der Waals surface area contributed by atoms with Crippen molar-refractivity contribution < 1.29 is 4.70 Å². The van der Waals surface area contributed by atoms with Crippen LogP contribution in [-0.4, -0.2) is 26.2 Å². The Kier molecular flexibility index (Phi) is 10.9. The van der Waals surface area contributed by atoms with Crippen molar-refractivity contribution in [2.75, 3.05) is 26.2 Å². The molecule has 0 saturated carbocycles. The molecule has 0 bridgehead atoms. The van der Waals surface area contributed by atoms with Gasteiger partial charge in [0, 0.05) is 0 Å². The van der Waals surface area contributed by atoms with Gasteiger partial charge in [-0.05, 0) is 0 Å². The molecule has 0 spiro atoms. The Hall–Kier alpha value is 0.360. The molecule has 2 heteroatoms. The van der Waals surface area contributed by atoms with Crippen LogP contribution in [-0.2, 0) is 0 Å². The molecule has 0 rings (SSSR count). The van der Waals surface area contributed by atoms with Crippen LogP contribution in [0.2, 0.25) is 0 Å². The van der Waals surface area contributed by atoms with Crippen molar-refractivity contribution >= 4 is 7.26 Å². The van der Waals surface area contributed by atoms with Gasteiger partial charge in [0.2, 0.25) is 0 Å². The number of halogens is 1. The molecule has 0 aliphatic carbocycles. The molecule has 0 heterocycles. The quantitative estimate of drug-likeness (QED) is 0.437. The molecule has 0 radical (unpaired) electrons. The third kappa shape index (κ3) is 15.1. The van der Waals surface area contributed by atoms with Gasteiger partial charge in [-0.1, -0.05) is 0 Å². The van der Waals surface area contributed by atoms with E-state index in [1.807, 2.05) is 0 Å². The van der Waals surface area contributed by atoms with E-state index in [0.29, 0.717) is 0 Å². The molecule has 0 atom stereocenters. The van der Waals surface area contributed by atoms with E-state index in [9.17, 15) is 0 Å². The molecule has 0 fully saturated rings. The maximum Gasteiger partial charge on any atom is -0.269 e. The van der Waals surface area contributed by atoms with Crippen LogP contribution in [0, 0.1) is 0 Å². The van der Waals surface area contributed by atoms with Crippen LogP contribution in [0.3, 0.4) is 0 Å². The Bertz CT molecular complexity index is 96.8. The Morgan fingerprint density at radius 2 is 1.23 bits per heavy atom. The maximum atomic E-state index is 2.47. The van der Waals surface area contributed by atoms with Gasteiger partial charge in [0.1, 0.15) is 0 Å². The smallest absolute Gasteiger partial charge is 0.269 e. The molecule has 0 aromatic carbocycles. The predicted molar refractivity (Wildman–Crippen MR) is 66.8 cm³/mol. The van der Waals surface area contributed by atoms with E-state index in [0.717, 1.165) is 0 Å². The largest absolute Gasteiger partial charge is 0.269 e. The first-order valence-corrected chi connectivity index (χ1v) is 9.27. The average molecular weight is 210 g/mol. The molecule has 0 nitrogen and oxygen atoms in total. The number of rotatable bonds is 7. The molecule has 13 heavy (non-hydrogen) atoms. The Balaban J connectivity index is 0.